The second kappa shape index (κ2) is 16.4. The fourth-order valence-corrected chi connectivity index (χ4v) is 5.31. The predicted molar refractivity (Wildman–Crippen MR) is 208 cm³/mol. The zero-order chi connectivity index (χ0) is 37.8. The molecule has 0 spiro atoms. The molecule has 10 nitrogen and oxygen atoms in total. The molecule has 0 saturated carbocycles. The number of aromatic hydroxyl groups is 4. The minimum atomic E-state index is -0.0474. The van der Waals surface area contributed by atoms with Gasteiger partial charge in [0.05, 0.1) is 33.9 Å². The smallest absolute Gasteiger partial charge is 0.223 e. The molecule has 277 valence electrons. The second-order valence-electron chi connectivity index (χ2n) is 14.6. The van der Waals surface area contributed by atoms with Gasteiger partial charge in [0.25, 0.3) is 0 Å². The van der Waals surface area contributed by atoms with Crippen LogP contribution in [0, 0.1) is 13.8 Å². The minimum absolute atomic E-state index is 0. The Bertz CT molecular complexity index is 2070. The van der Waals surface area contributed by atoms with Crippen LogP contribution in [-0.2, 0) is 27.6 Å². The Hall–Kier alpha value is -5.65. The summed E-state index contributed by atoms with van der Waals surface area (Å²) in [7, 11) is 0. The summed E-state index contributed by atoms with van der Waals surface area (Å²) < 4.78 is 2.95. The number of benzene rings is 4. The number of nitrogens with zero attached hydrogens (tertiary/aromatic N) is 6. The van der Waals surface area contributed by atoms with Gasteiger partial charge in [-0.05, 0) is 84.3 Å². The van der Waals surface area contributed by atoms with Gasteiger partial charge < -0.3 is 20.4 Å². The molecular weight excluding hydrogens is 711 g/mol. The molecule has 0 bridgehead atoms. The first-order valence-electron chi connectivity index (χ1n) is 17.0. The third kappa shape index (κ3) is 9.42. The van der Waals surface area contributed by atoms with Gasteiger partial charge in [0.15, 0.2) is 0 Å². The summed E-state index contributed by atoms with van der Waals surface area (Å²) in [6.07, 6.45) is 3.08. The van der Waals surface area contributed by atoms with Gasteiger partial charge >= 0.3 is 0 Å². The zero-order valence-corrected chi connectivity index (χ0v) is 32.2. The van der Waals surface area contributed by atoms with Crippen LogP contribution >= 0.6 is 0 Å². The van der Waals surface area contributed by atoms with Crippen molar-refractivity contribution >= 4 is 23.8 Å². The average Bonchev–Trinajstić information content (AvgIpc) is 3.56. The van der Waals surface area contributed by atoms with E-state index in [-0.39, 0.29) is 50.9 Å². The van der Waals surface area contributed by atoms with Crippen LogP contribution in [0.25, 0.3) is 11.4 Å². The minimum Gasteiger partial charge on any atom is -0.506 e. The monoisotopic (exact) mass is 757 g/mol. The van der Waals surface area contributed by atoms with E-state index in [4.69, 9.17) is 0 Å². The Morgan fingerprint density at radius 1 is 0.528 bits per heavy atom. The first-order chi connectivity index (χ1) is 24.5. The van der Waals surface area contributed by atoms with Crippen LogP contribution in [0.4, 0.5) is 11.4 Å². The normalized spacial score (nSPS) is 11.8. The molecule has 11 heteroatoms. The number of phenolic OH excluding ortho intramolecular Hbond substituents is 2. The van der Waals surface area contributed by atoms with Crippen molar-refractivity contribution in [2.75, 3.05) is 0 Å². The molecule has 0 unspecified atom stereocenters. The fourth-order valence-electron chi connectivity index (χ4n) is 5.31. The van der Waals surface area contributed by atoms with Crippen molar-refractivity contribution in [3.05, 3.63) is 131 Å². The number of para-hydroxylation sites is 2. The van der Waals surface area contributed by atoms with E-state index in [0.717, 1.165) is 22.5 Å². The molecule has 0 amide bonds. The van der Waals surface area contributed by atoms with E-state index in [9.17, 15) is 20.4 Å². The summed E-state index contributed by atoms with van der Waals surface area (Å²) in [5, 5.41) is 50.1. The maximum atomic E-state index is 10.5. The van der Waals surface area contributed by atoms with E-state index >= 15 is 0 Å². The summed E-state index contributed by atoms with van der Waals surface area (Å²) in [5.74, 6) is 0.233. The van der Waals surface area contributed by atoms with Crippen molar-refractivity contribution < 1.29 is 37.2 Å². The molecule has 1 radical (unpaired) electrons. The van der Waals surface area contributed by atoms with E-state index in [2.05, 4.69) is 61.7 Å². The van der Waals surface area contributed by atoms with E-state index in [1.807, 2.05) is 98.8 Å². The molecule has 0 saturated heterocycles. The number of hydrogen-bond donors (Lipinski definition) is 4. The maximum Gasteiger partial charge on any atom is 0.223 e. The molecule has 0 fully saturated rings. The number of phenols is 2. The Labute approximate surface area is 321 Å². The first kappa shape index (κ1) is 40.1. The van der Waals surface area contributed by atoms with Gasteiger partial charge in [-0.1, -0.05) is 90.1 Å². The van der Waals surface area contributed by atoms with Crippen LogP contribution in [0.1, 0.15) is 75.2 Å². The summed E-state index contributed by atoms with van der Waals surface area (Å²) in [5.41, 5.74) is 6.87. The standard InChI is InChI=1S/2C21H23N3O2.Co/c2*1-14-17(20(26)24(23-14)16-8-6-5-7-9-16)13-22-18-12-15(21(2,3)4)10-11-19(18)25;/h2*5-13,25-26H,1-4H3;. The Kier molecular flexibility index (Phi) is 12.4. The molecule has 0 aliphatic heterocycles. The van der Waals surface area contributed by atoms with Gasteiger partial charge in [0.2, 0.25) is 11.8 Å². The Morgan fingerprint density at radius 3 is 1.19 bits per heavy atom. The molecule has 53 heavy (non-hydrogen) atoms. The second-order valence-corrected chi connectivity index (χ2v) is 14.6. The molecule has 0 atom stereocenters. The third-order valence-electron chi connectivity index (χ3n) is 8.51. The molecule has 6 aromatic rings. The maximum absolute atomic E-state index is 10.5. The van der Waals surface area contributed by atoms with Gasteiger partial charge in [0.1, 0.15) is 22.9 Å². The van der Waals surface area contributed by atoms with Crippen molar-refractivity contribution in [3.8, 4) is 34.6 Å². The Morgan fingerprint density at radius 2 is 0.868 bits per heavy atom. The van der Waals surface area contributed by atoms with Gasteiger partial charge in [-0.2, -0.15) is 10.2 Å². The number of aromatic nitrogens is 4. The topological polar surface area (TPSA) is 141 Å². The number of rotatable bonds is 6. The largest absolute Gasteiger partial charge is 0.506 e. The van der Waals surface area contributed by atoms with Crippen molar-refractivity contribution in [2.24, 2.45) is 9.98 Å². The van der Waals surface area contributed by atoms with Crippen LogP contribution < -0.4 is 0 Å². The predicted octanol–water partition coefficient (Wildman–Crippen LogP) is 9.28. The van der Waals surface area contributed by atoms with E-state index in [1.165, 1.54) is 9.36 Å². The summed E-state index contributed by atoms with van der Waals surface area (Å²) in [4.78, 5) is 8.78. The zero-order valence-electron chi connectivity index (χ0n) is 31.2. The first-order valence-corrected chi connectivity index (χ1v) is 17.0. The summed E-state index contributed by atoms with van der Waals surface area (Å²) >= 11 is 0. The van der Waals surface area contributed by atoms with Crippen LogP contribution in [0.15, 0.2) is 107 Å². The third-order valence-corrected chi connectivity index (χ3v) is 8.51. The summed E-state index contributed by atoms with van der Waals surface area (Å²) in [6, 6.07) is 29.6. The van der Waals surface area contributed by atoms with Crippen LogP contribution in [0.3, 0.4) is 0 Å². The van der Waals surface area contributed by atoms with Gasteiger partial charge in [-0.25, -0.2) is 9.36 Å². The number of aliphatic imine (C=N–C) groups is 2. The Balaban J connectivity index is 0.000000232. The van der Waals surface area contributed by atoms with Gasteiger partial charge in [-0.15, -0.1) is 0 Å². The van der Waals surface area contributed by atoms with E-state index in [0.29, 0.717) is 33.9 Å². The van der Waals surface area contributed by atoms with E-state index in [1.54, 1.807) is 24.6 Å². The van der Waals surface area contributed by atoms with Crippen LogP contribution in [0.2, 0.25) is 0 Å². The van der Waals surface area contributed by atoms with Crippen molar-refractivity contribution in [1.29, 1.82) is 0 Å². The molecular formula is C42H46CoN6O4. The molecule has 0 aliphatic carbocycles. The molecule has 4 aromatic carbocycles. The molecule has 2 heterocycles. The van der Waals surface area contributed by atoms with Crippen LogP contribution in [-0.4, -0.2) is 52.4 Å². The van der Waals surface area contributed by atoms with E-state index < -0.39 is 0 Å². The van der Waals surface area contributed by atoms with Crippen molar-refractivity contribution in [1.82, 2.24) is 19.6 Å². The summed E-state index contributed by atoms with van der Waals surface area (Å²) in [6.45, 7) is 16.2. The quantitative estimate of drug-likeness (QED) is 0.125. The SMILES string of the molecule is Cc1nn(-c2ccccc2)c(O)c1C=Nc1cc(C(C)(C)C)ccc1O.Cc1nn(-c2ccccc2)c(O)c1C=Nc1cc(C(C)(C)C)ccc1O.[Co]. The molecule has 6 rings (SSSR count). The molecule has 2 aromatic heterocycles. The van der Waals surface area contributed by atoms with Crippen molar-refractivity contribution in [3.63, 3.8) is 0 Å². The van der Waals surface area contributed by atoms with Crippen LogP contribution in [0.5, 0.6) is 23.3 Å². The van der Waals surface area contributed by atoms with Gasteiger partial charge in [0, 0.05) is 29.2 Å². The fraction of sp³-hybridized carbons (Fsp3) is 0.238. The number of aryl methyl sites for hydroxylation is 2. The molecule has 4 N–H and O–H groups in total. The van der Waals surface area contributed by atoms with Crippen molar-refractivity contribution in [2.45, 2.75) is 66.2 Å². The number of hydrogen-bond acceptors (Lipinski definition) is 8. The van der Waals surface area contributed by atoms with Gasteiger partial charge in [-0.3, -0.25) is 9.98 Å². The average molecular weight is 758 g/mol. The molecule has 0 aliphatic rings.